The summed E-state index contributed by atoms with van der Waals surface area (Å²) in [4.78, 5) is 12.0. The Morgan fingerprint density at radius 1 is 1.37 bits per heavy atom. The molecular formula is C15H24N2O2. The van der Waals surface area contributed by atoms with E-state index in [0.29, 0.717) is 0 Å². The highest BCUT2D eigenvalue weighted by Gasteiger charge is 2.22. The van der Waals surface area contributed by atoms with Crippen LogP contribution in [0.15, 0.2) is 24.3 Å². The summed E-state index contributed by atoms with van der Waals surface area (Å²) in [5.41, 5.74) is 6.85. The van der Waals surface area contributed by atoms with Gasteiger partial charge in [0.15, 0.2) is 0 Å². The molecule has 2 unspecified atom stereocenters. The van der Waals surface area contributed by atoms with E-state index in [-0.39, 0.29) is 17.9 Å². The van der Waals surface area contributed by atoms with Crippen LogP contribution in [0.3, 0.4) is 0 Å². The van der Waals surface area contributed by atoms with Gasteiger partial charge in [0, 0.05) is 5.56 Å². The Kier molecular flexibility index (Phi) is 5.83. The van der Waals surface area contributed by atoms with Gasteiger partial charge in [-0.25, -0.2) is 0 Å². The summed E-state index contributed by atoms with van der Waals surface area (Å²) in [5.74, 6) is 0.788. The SMILES string of the molecule is CCC(NC(=O)C(N)C(C)C)c1ccccc1OC. The van der Waals surface area contributed by atoms with Crippen LogP contribution in [0.5, 0.6) is 5.75 Å². The van der Waals surface area contributed by atoms with E-state index in [1.807, 2.05) is 45.0 Å². The van der Waals surface area contributed by atoms with Gasteiger partial charge in [0.1, 0.15) is 5.75 Å². The second-order valence-electron chi connectivity index (χ2n) is 4.98. The first-order valence-corrected chi connectivity index (χ1v) is 6.70. The monoisotopic (exact) mass is 264 g/mol. The normalized spacial score (nSPS) is 14.0. The Balaban J connectivity index is 2.86. The number of para-hydroxylation sites is 1. The number of carbonyl (C=O) groups is 1. The highest BCUT2D eigenvalue weighted by Crippen LogP contribution is 2.26. The van der Waals surface area contributed by atoms with Gasteiger partial charge in [-0.05, 0) is 18.4 Å². The molecule has 0 bridgehead atoms. The molecule has 0 heterocycles. The summed E-state index contributed by atoms with van der Waals surface area (Å²) in [7, 11) is 1.63. The van der Waals surface area contributed by atoms with Crippen molar-refractivity contribution in [2.24, 2.45) is 11.7 Å². The number of carbonyl (C=O) groups excluding carboxylic acids is 1. The molecular weight excluding hydrogens is 240 g/mol. The van der Waals surface area contributed by atoms with Crippen LogP contribution in [0, 0.1) is 5.92 Å². The van der Waals surface area contributed by atoms with E-state index in [1.165, 1.54) is 0 Å². The predicted molar refractivity (Wildman–Crippen MR) is 77.0 cm³/mol. The topological polar surface area (TPSA) is 64.4 Å². The van der Waals surface area contributed by atoms with Gasteiger partial charge in [0.05, 0.1) is 19.2 Å². The molecule has 19 heavy (non-hydrogen) atoms. The number of nitrogens with two attached hydrogens (primary N) is 1. The van der Waals surface area contributed by atoms with E-state index >= 15 is 0 Å². The van der Waals surface area contributed by atoms with Crippen LogP contribution in [0.4, 0.5) is 0 Å². The number of benzene rings is 1. The number of methoxy groups -OCH3 is 1. The molecule has 4 nitrogen and oxygen atoms in total. The van der Waals surface area contributed by atoms with Crippen molar-refractivity contribution in [3.05, 3.63) is 29.8 Å². The Labute approximate surface area is 115 Å². The lowest BCUT2D eigenvalue weighted by molar-refractivity contribution is -0.124. The summed E-state index contributed by atoms with van der Waals surface area (Å²) in [5, 5.41) is 2.99. The number of amides is 1. The molecule has 1 aromatic rings. The van der Waals surface area contributed by atoms with Crippen molar-refractivity contribution in [2.45, 2.75) is 39.3 Å². The van der Waals surface area contributed by atoms with Gasteiger partial charge in [0.25, 0.3) is 0 Å². The van der Waals surface area contributed by atoms with Gasteiger partial charge >= 0.3 is 0 Å². The minimum absolute atomic E-state index is 0.0755. The summed E-state index contributed by atoms with van der Waals surface area (Å²) in [6.45, 7) is 5.90. The summed E-state index contributed by atoms with van der Waals surface area (Å²) >= 11 is 0. The zero-order valence-corrected chi connectivity index (χ0v) is 12.1. The van der Waals surface area contributed by atoms with Crippen LogP contribution in [-0.4, -0.2) is 19.1 Å². The van der Waals surface area contributed by atoms with E-state index in [9.17, 15) is 4.79 Å². The standard InChI is InChI=1S/C15H24N2O2/c1-5-12(17-15(18)14(16)10(2)3)11-8-6-7-9-13(11)19-4/h6-10,12,14H,5,16H2,1-4H3,(H,17,18). The molecule has 1 amide bonds. The third-order valence-corrected chi connectivity index (χ3v) is 3.26. The maximum atomic E-state index is 12.0. The van der Waals surface area contributed by atoms with E-state index in [4.69, 9.17) is 10.5 Å². The van der Waals surface area contributed by atoms with E-state index in [1.54, 1.807) is 7.11 Å². The Hall–Kier alpha value is -1.55. The fourth-order valence-corrected chi connectivity index (χ4v) is 1.92. The molecule has 1 aromatic carbocycles. The second-order valence-corrected chi connectivity index (χ2v) is 4.98. The smallest absolute Gasteiger partial charge is 0.237 e. The predicted octanol–water partition coefficient (Wildman–Crippen LogP) is 2.25. The molecule has 0 saturated heterocycles. The average Bonchev–Trinajstić information content (AvgIpc) is 2.43. The molecule has 0 radical (unpaired) electrons. The van der Waals surface area contributed by atoms with Gasteiger partial charge < -0.3 is 15.8 Å². The highest BCUT2D eigenvalue weighted by molar-refractivity contribution is 5.82. The first-order valence-electron chi connectivity index (χ1n) is 6.70. The van der Waals surface area contributed by atoms with Crippen molar-refractivity contribution in [3.63, 3.8) is 0 Å². The zero-order chi connectivity index (χ0) is 14.4. The minimum atomic E-state index is -0.483. The summed E-state index contributed by atoms with van der Waals surface area (Å²) in [6, 6.07) is 7.16. The van der Waals surface area contributed by atoms with Gasteiger partial charge in [-0.2, -0.15) is 0 Å². The van der Waals surface area contributed by atoms with Crippen molar-refractivity contribution < 1.29 is 9.53 Å². The van der Waals surface area contributed by atoms with Crippen LogP contribution in [-0.2, 0) is 4.79 Å². The van der Waals surface area contributed by atoms with Crippen LogP contribution in [0.2, 0.25) is 0 Å². The summed E-state index contributed by atoms with van der Waals surface area (Å²) in [6.07, 6.45) is 0.789. The molecule has 0 aliphatic carbocycles. The molecule has 1 rings (SSSR count). The largest absolute Gasteiger partial charge is 0.496 e. The fraction of sp³-hybridized carbons (Fsp3) is 0.533. The highest BCUT2D eigenvalue weighted by atomic mass is 16.5. The molecule has 0 aliphatic rings. The molecule has 0 aromatic heterocycles. The quantitative estimate of drug-likeness (QED) is 0.828. The first-order chi connectivity index (χ1) is 9.01. The Morgan fingerprint density at radius 2 is 2.00 bits per heavy atom. The molecule has 2 atom stereocenters. The molecule has 0 aliphatic heterocycles. The zero-order valence-electron chi connectivity index (χ0n) is 12.1. The van der Waals surface area contributed by atoms with Crippen molar-refractivity contribution >= 4 is 5.91 Å². The Bertz CT molecular complexity index is 418. The molecule has 4 heteroatoms. The van der Waals surface area contributed by atoms with Crippen molar-refractivity contribution in [1.29, 1.82) is 0 Å². The molecule has 3 N–H and O–H groups in total. The number of hydrogen-bond acceptors (Lipinski definition) is 3. The number of nitrogens with one attached hydrogen (secondary N) is 1. The third kappa shape index (κ3) is 3.96. The molecule has 0 spiro atoms. The molecule has 106 valence electrons. The summed E-state index contributed by atoms with van der Waals surface area (Å²) < 4.78 is 5.34. The van der Waals surface area contributed by atoms with E-state index < -0.39 is 6.04 Å². The number of rotatable bonds is 6. The first kappa shape index (κ1) is 15.5. The molecule has 0 fully saturated rings. The van der Waals surface area contributed by atoms with Crippen molar-refractivity contribution in [1.82, 2.24) is 5.32 Å². The number of hydrogen-bond donors (Lipinski definition) is 2. The average molecular weight is 264 g/mol. The van der Waals surface area contributed by atoms with Crippen LogP contribution >= 0.6 is 0 Å². The van der Waals surface area contributed by atoms with Gasteiger partial charge in [-0.3, -0.25) is 4.79 Å². The van der Waals surface area contributed by atoms with Crippen molar-refractivity contribution in [2.75, 3.05) is 7.11 Å². The van der Waals surface area contributed by atoms with Crippen LogP contribution < -0.4 is 15.8 Å². The lowest BCUT2D eigenvalue weighted by atomic mass is 10.0. The van der Waals surface area contributed by atoms with Crippen LogP contribution in [0.25, 0.3) is 0 Å². The third-order valence-electron chi connectivity index (χ3n) is 3.26. The minimum Gasteiger partial charge on any atom is -0.496 e. The second kappa shape index (κ2) is 7.14. The van der Waals surface area contributed by atoms with E-state index in [2.05, 4.69) is 5.32 Å². The lowest BCUT2D eigenvalue weighted by Gasteiger charge is -2.23. The van der Waals surface area contributed by atoms with Crippen LogP contribution in [0.1, 0.15) is 38.8 Å². The van der Waals surface area contributed by atoms with Gasteiger partial charge in [-0.1, -0.05) is 39.0 Å². The maximum Gasteiger partial charge on any atom is 0.237 e. The lowest BCUT2D eigenvalue weighted by Crippen LogP contribution is -2.45. The maximum absolute atomic E-state index is 12.0. The fourth-order valence-electron chi connectivity index (χ4n) is 1.92. The van der Waals surface area contributed by atoms with Gasteiger partial charge in [0.2, 0.25) is 5.91 Å². The van der Waals surface area contributed by atoms with Gasteiger partial charge in [-0.15, -0.1) is 0 Å². The Morgan fingerprint density at radius 3 is 2.53 bits per heavy atom. The number of ether oxygens (including phenoxy) is 1. The van der Waals surface area contributed by atoms with E-state index in [0.717, 1.165) is 17.7 Å². The van der Waals surface area contributed by atoms with Crippen molar-refractivity contribution in [3.8, 4) is 5.75 Å². The molecule has 0 saturated carbocycles.